The molecule has 1 rings (SSSR count). The summed E-state index contributed by atoms with van der Waals surface area (Å²) in [7, 11) is 1.21. The van der Waals surface area contributed by atoms with E-state index in [-0.39, 0.29) is 11.5 Å². The molecule has 0 aliphatic carbocycles. The van der Waals surface area contributed by atoms with Crippen molar-refractivity contribution in [3.63, 3.8) is 0 Å². The molecule has 114 valence electrons. The lowest BCUT2D eigenvalue weighted by atomic mass is 10.0. The molecule has 0 fully saturated rings. The van der Waals surface area contributed by atoms with E-state index in [1.807, 2.05) is 0 Å². The van der Waals surface area contributed by atoms with Gasteiger partial charge in [0.2, 0.25) is 0 Å². The van der Waals surface area contributed by atoms with Crippen LogP contribution in [-0.2, 0) is 12.6 Å². The SMILES string of the molecule is COc1cc(CCN)c(OC(C)(C)C)cc1C(F)(F)F. The van der Waals surface area contributed by atoms with Crippen LogP contribution >= 0.6 is 0 Å². The number of ether oxygens (including phenoxy) is 2. The lowest BCUT2D eigenvalue weighted by Gasteiger charge is -2.25. The van der Waals surface area contributed by atoms with E-state index in [2.05, 4.69) is 0 Å². The van der Waals surface area contributed by atoms with Crippen LogP contribution in [0.1, 0.15) is 31.9 Å². The van der Waals surface area contributed by atoms with E-state index in [0.29, 0.717) is 18.5 Å². The van der Waals surface area contributed by atoms with Gasteiger partial charge in [-0.25, -0.2) is 0 Å². The highest BCUT2D eigenvalue weighted by atomic mass is 19.4. The van der Waals surface area contributed by atoms with Crippen molar-refractivity contribution in [2.45, 2.75) is 39.0 Å². The minimum Gasteiger partial charge on any atom is -0.496 e. The summed E-state index contributed by atoms with van der Waals surface area (Å²) in [4.78, 5) is 0. The molecule has 0 heterocycles. The fourth-order valence-corrected chi connectivity index (χ4v) is 1.77. The molecule has 0 atom stereocenters. The second-order valence-corrected chi connectivity index (χ2v) is 5.41. The van der Waals surface area contributed by atoms with Gasteiger partial charge in [-0.15, -0.1) is 0 Å². The Kier molecular flexibility index (Phi) is 4.91. The number of halogens is 3. The van der Waals surface area contributed by atoms with Gasteiger partial charge in [-0.1, -0.05) is 0 Å². The second-order valence-electron chi connectivity index (χ2n) is 5.41. The number of benzene rings is 1. The van der Waals surface area contributed by atoms with Crippen LogP contribution in [0, 0.1) is 0 Å². The minimum absolute atomic E-state index is 0.191. The molecule has 0 radical (unpaired) electrons. The van der Waals surface area contributed by atoms with Crippen molar-refractivity contribution >= 4 is 0 Å². The zero-order valence-electron chi connectivity index (χ0n) is 12.1. The van der Waals surface area contributed by atoms with Crippen LogP contribution in [-0.4, -0.2) is 19.3 Å². The first-order valence-corrected chi connectivity index (χ1v) is 6.25. The van der Waals surface area contributed by atoms with Gasteiger partial charge in [0.1, 0.15) is 22.7 Å². The monoisotopic (exact) mass is 291 g/mol. The molecule has 1 aromatic carbocycles. The van der Waals surface area contributed by atoms with E-state index < -0.39 is 17.3 Å². The molecule has 0 unspecified atom stereocenters. The smallest absolute Gasteiger partial charge is 0.420 e. The summed E-state index contributed by atoms with van der Waals surface area (Å²) >= 11 is 0. The third-order valence-electron chi connectivity index (χ3n) is 2.52. The third kappa shape index (κ3) is 4.30. The van der Waals surface area contributed by atoms with Gasteiger partial charge < -0.3 is 15.2 Å². The van der Waals surface area contributed by atoms with Gasteiger partial charge in [-0.05, 0) is 51.4 Å². The Bertz CT molecular complexity index is 465. The van der Waals surface area contributed by atoms with Crippen LogP contribution < -0.4 is 15.2 Å². The van der Waals surface area contributed by atoms with Gasteiger partial charge in [-0.2, -0.15) is 13.2 Å². The zero-order valence-corrected chi connectivity index (χ0v) is 12.1. The molecule has 20 heavy (non-hydrogen) atoms. The van der Waals surface area contributed by atoms with Gasteiger partial charge in [-0.3, -0.25) is 0 Å². The van der Waals surface area contributed by atoms with Gasteiger partial charge >= 0.3 is 6.18 Å². The Morgan fingerprint density at radius 3 is 2.10 bits per heavy atom. The maximum absolute atomic E-state index is 13.0. The number of methoxy groups -OCH3 is 1. The second kappa shape index (κ2) is 5.91. The lowest BCUT2D eigenvalue weighted by molar-refractivity contribution is -0.139. The largest absolute Gasteiger partial charge is 0.496 e. The number of nitrogens with two attached hydrogens (primary N) is 1. The maximum atomic E-state index is 13.0. The summed E-state index contributed by atoms with van der Waals surface area (Å²) in [6, 6.07) is 2.33. The summed E-state index contributed by atoms with van der Waals surface area (Å²) in [6.07, 6.45) is -4.08. The van der Waals surface area contributed by atoms with Crippen molar-refractivity contribution < 1.29 is 22.6 Å². The molecule has 0 aliphatic heterocycles. The molecule has 0 aromatic heterocycles. The molecular formula is C14H20F3NO2. The van der Waals surface area contributed by atoms with Crippen LogP contribution in [0.15, 0.2) is 12.1 Å². The molecule has 1 aromatic rings. The van der Waals surface area contributed by atoms with E-state index in [1.165, 1.54) is 13.2 Å². The Labute approximate surface area is 116 Å². The number of hydrogen-bond donors (Lipinski definition) is 1. The van der Waals surface area contributed by atoms with Crippen LogP contribution in [0.25, 0.3) is 0 Å². The third-order valence-corrected chi connectivity index (χ3v) is 2.52. The molecule has 0 saturated carbocycles. The number of hydrogen-bond acceptors (Lipinski definition) is 3. The molecule has 0 saturated heterocycles. The molecule has 6 heteroatoms. The topological polar surface area (TPSA) is 44.5 Å². The minimum atomic E-state index is -4.50. The quantitative estimate of drug-likeness (QED) is 0.924. The van der Waals surface area contributed by atoms with Crippen molar-refractivity contribution in [3.05, 3.63) is 23.3 Å². The Hall–Kier alpha value is -1.43. The molecule has 0 spiro atoms. The van der Waals surface area contributed by atoms with Crippen molar-refractivity contribution in [2.24, 2.45) is 5.73 Å². The van der Waals surface area contributed by atoms with Crippen molar-refractivity contribution in [1.82, 2.24) is 0 Å². The van der Waals surface area contributed by atoms with Gasteiger partial charge in [0.05, 0.1) is 7.11 Å². The predicted octanol–water partition coefficient (Wildman–Crippen LogP) is 3.39. The fraction of sp³-hybridized carbons (Fsp3) is 0.571. The van der Waals surface area contributed by atoms with E-state index in [1.54, 1.807) is 20.8 Å². The van der Waals surface area contributed by atoms with E-state index >= 15 is 0 Å². The molecule has 2 N–H and O–H groups in total. The fourth-order valence-electron chi connectivity index (χ4n) is 1.77. The standard InChI is InChI=1S/C14H20F3NO2/c1-13(2,3)20-11-8-10(14(15,16)17)12(19-4)7-9(11)5-6-18/h7-8H,5-6,18H2,1-4H3. The average molecular weight is 291 g/mol. The first-order chi connectivity index (χ1) is 9.08. The van der Waals surface area contributed by atoms with E-state index in [0.717, 1.165) is 6.07 Å². The van der Waals surface area contributed by atoms with Crippen LogP contribution in [0.3, 0.4) is 0 Å². The number of alkyl halides is 3. The first kappa shape index (κ1) is 16.6. The predicted molar refractivity (Wildman–Crippen MR) is 71.1 cm³/mol. The molecule has 0 aliphatic rings. The lowest BCUT2D eigenvalue weighted by Crippen LogP contribution is -2.24. The summed E-state index contributed by atoms with van der Waals surface area (Å²) in [5.41, 5.74) is 4.65. The molecule has 3 nitrogen and oxygen atoms in total. The van der Waals surface area contributed by atoms with Gasteiger partial charge in [0.25, 0.3) is 0 Å². The average Bonchev–Trinajstić information content (AvgIpc) is 2.27. The van der Waals surface area contributed by atoms with Gasteiger partial charge in [0, 0.05) is 0 Å². The van der Waals surface area contributed by atoms with Crippen LogP contribution in [0.5, 0.6) is 11.5 Å². The Balaban J connectivity index is 3.38. The van der Waals surface area contributed by atoms with Crippen LogP contribution in [0.2, 0.25) is 0 Å². The van der Waals surface area contributed by atoms with Crippen molar-refractivity contribution in [2.75, 3.05) is 13.7 Å². The summed E-state index contributed by atoms with van der Waals surface area (Å²) in [6.45, 7) is 5.64. The van der Waals surface area contributed by atoms with Crippen LogP contribution in [0.4, 0.5) is 13.2 Å². The summed E-state index contributed by atoms with van der Waals surface area (Å²) < 4.78 is 49.5. The highest BCUT2D eigenvalue weighted by Gasteiger charge is 2.36. The maximum Gasteiger partial charge on any atom is 0.420 e. The zero-order chi connectivity index (χ0) is 15.6. The molecular weight excluding hydrogens is 271 g/mol. The highest BCUT2D eigenvalue weighted by molar-refractivity contribution is 5.48. The summed E-state index contributed by atoms with van der Waals surface area (Å²) in [5, 5.41) is 0. The van der Waals surface area contributed by atoms with Gasteiger partial charge in [0.15, 0.2) is 0 Å². The summed E-state index contributed by atoms with van der Waals surface area (Å²) in [5.74, 6) is -0.0294. The van der Waals surface area contributed by atoms with E-state index in [9.17, 15) is 13.2 Å². The number of rotatable bonds is 4. The first-order valence-electron chi connectivity index (χ1n) is 6.25. The highest BCUT2D eigenvalue weighted by Crippen LogP contribution is 2.40. The Morgan fingerprint density at radius 1 is 1.10 bits per heavy atom. The van der Waals surface area contributed by atoms with E-state index in [4.69, 9.17) is 15.2 Å². The van der Waals surface area contributed by atoms with Crippen molar-refractivity contribution in [3.8, 4) is 11.5 Å². The normalized spacial score (nSPS) is 12.4. The molecule has 0 amide bonds. The Morgan fingerprint density at radius 2 is 1.70 bits per heavy atom. The molecule has 0 bridgehead atoms. The van der Waals surface area contributed by atoms with Crippen molar-refractivity contribution in [1.29, 1.82) is 0 Å².